The van der Waals surface area contributed by atoms with Crippen LogP contribution in [0.2, 0.25) is 0 Å². The van der Waals surface area contributed by atoms with Gasteiger partial charge in [0.25, 0.3) is 5.91 Å². The van der Waals surface area contributed by atoms with Gasteiger partial charge in [-0.3, -0.25) is 4.79 Å². The molecule has 1 aliphatic heterocycles. The summed E-state index contributed by atoms with van der Waals surface area (Å²) in [6.07, 6.45) is 0.853. The second kappa shape index (κ2) is 7.15. The largest absolute Gasteiger partial charge is 0.497 e. The topological polar surface area (TPSA) is 76.8 Å². The monoisotopic (exact) mass is 377 g/mol. The molecule has 1 aromatic carbocycles. The number of ether oxygens (including phenoxy) is 1. The maximum absolute atomic E-state index is 12.8. The molecule has 7 heteroatoms. The first kappa shape index (κ1) is 18.5. The molecular formula is C19H23NO5S. The van der Waals surface area contributed by atoms with Gasteiger partial charge in [0.05, 0.1) is 22.8 Å². The van der Waals surface area contributed by atoms with Gasteiger partial charge in [0, 0.05) is 13.1 Å². The van der Waals surface area contributed by atoms with Gasteiger partial charge in [-0.2, -0.15) is 0 Å². The highest BCUT2D eigenvalue weighted by Gasteiger charge is 2.33. The van der Waals surface area contributed by atoms with Gasteiger partial charge in [0.1, 0.15) is 17.3 Å². The third kappa shape index (κ3) is 3.49. The van der Waals surface area contributed by atoms with Gasteiger partial charge >= 0.3 is 0 Å². The van der Waals surface area contributed by atoms with Crippen LogP contribution >= 0.6 is 0 Å². The van der Waals surface area contributed by atoms with Crippen molar-refractivity contribution in [1.29, 1.82) is 0 Å². The number of methoxy groups -OCH3 is 1. The number of aryl methyl sites for hydroxylation is 2. The smallest absolute Gasteiger partial charge is 0.257 e. The number of furan rings is 1. The number of carbonyl (C=O) groups is 1. The summed E-state index contributed by atoms with van der Waals surface area (Å²) in [5, 5.41) is -0.480. The van der Waals surface area contributed by atoms with E-state index in [9.17, 15) is 13.2 Å². The Kier molecular flexibility index (Phi) is 5.09. The Bertz CT molecular complexity index is 891. The van der Waals surface area contributed by atoms with Crippen LogP contribution < -0.4 is 4.74 Å². The van der Waals surface area contributed by atoms with Crippen molar-refractivity contribution in [3.8, 4) is 5.75 Å². The lowest BCUT2D eigenvalue weighted by Crippen LogP contribution is -2.42. The molecule has 0 aliphatic carbocycles. The summed E-state index contributed by atoms with van der Waals surface area (Å²) in [4.78, 5) is 14.6. The van der Waals surface area contributed by atoms with E-state index in [0.717, 1.165) is 0 Å². The maximum Gasteiger partial charge on any atom is 0.257 e. The molecule has 1 amide bonds. The first-order valence-corrected chi connectivity index (χ1v) is 10.1. The fourth-order valence-corrected chi connectivity index (χ4v) is 5.07. The zero-order chi connectivity index (χ0) is 18.9. The fourth-order valence-electron chi connectivity index (χ4n) is 3.34. The van der Waals surface area contributed by atoms with Crippen molar-refractivity contribution in [2.45, 2.75) is 36.8 Å². The summed E-state index contributed by atoms with van der Waals surface area (Å²) in [5.41, 5.74) is 0.555. The van der Waals surface area contributed by atoms with Gasteiger partial charge in [-0.25, -0.2) is 8.42 Å². The third-order valence-electron chi connectivity index (χ3n) is 4.83. The molecule has 3 rings (SSSR count). The molecule has 2 heterocycles. The highest BCUT2D eigenvalue weighted by molar-refractivity contribution is 7.92. The highest BCUT2D eigenvalue weighted by atomic mass is 32.2. The Balaban J connectivity index is 1.69. The van der Waals surface area contributed by atoms with Gasteiger partial charge in [0.2, 0.25) is 0 Å². The second-order valence-electron chi connectivity index (χ2n) is 6.54. The van der Waals surface area contributed by atoms with Crippen molar-refractivity contribution in [2.24, 2.45) is 0 Å². The molecule has 0 bridgehead atoms. The van der Waals surface area contributed by atoms with E-state index in [-0.39, 0.29) is 5.91 Å². The summed E-state index contributed by atoms with van der Waals surface area (Å²) in [5.74, 6) is 1.82. The quantitative estimate of drug-likeness (QED) is 0.819. The Morgan fingerprint density at radius 1 is 1.15 bits per heavy atom. The van der Waals surface area contributed by atoms with Crippen LogP contribution in [0, 0.1) is 13.8 Å². The summed E-state index contributed by atoms with van der Waals surface area (Å²) in [6.45, 7) is 4.41. The molecule has 0 saturated carbocycles. The zero-order valence-electron chi connectivity index (χ0n) is 15.2. The molecule has 2 aromatic rings. The van der Waals surface area contributed by atoms with Gasteiger partial charge in [-0.15, -0.1) is 0 Å². The van der Waals surface area contributed by atoms with Crippen LogP contribution in [0.1, 0.15) is 34.7 Å². The minimum absolute atomic E-state index is 0.0976. The van der Waals surface area contributed by atoms with E-state index in [0.29, 0.717) is 53.7 Å². The highest BCUT2D eigenvalue weighted by Crippen LogP contribution is 2.27. The third-order valence-corrected chi connectivity index (χ3v) is 7.11. The molecule has 1 aromatic heterocycles. The lowest BCUT2D eigenvalue weighted by Gasteiger charge is -2.31. The van der Waals surface area contributed by atoms with Crippen molar-refractivity contribution in [3.63, 3.8) is 0 Å². The number of amides is 1. The SMILES string of the molecule is COc1ccc(S(=O)(=O)C2CCN(C(=O)c3cc(C)oc3C)CC2)cc1. The first-order chi connectivity index (χ1) is 12.3. The molecule has 1 fully saturated rings. The lowest BCUT2D eigenvalue weighted by atomic mass is 10.1. The number of carbonyl (C=O) groups excluding carboxylic acids is 1. The van der Waals surface area contributed by atoms with Crippen LogP contribution in [0.25, 0.3) is 0 Å². The minimum atomic E-state index is -3.42. The molecule has 140 valence electrons. The van der Waals surface area contributed by atoms with E-state index in [1.54, 1.807) is 56.2 Å². The number of nitrogens with zero attached hydrogens (tertiary/aromatic N) is 1. The van der Waals surface area contributed by atoms with Crippen molar-refractivity contribution in [3.05, 3.63) is 47.4 Å². The Morgan fingerprint density at radius 2 is 1.77 bits per heavy atom. The summed E-state index contributed by atoms with van der Waals surface area (Å²) in [6, 6.07) is 8.18. The minimum Gasteiger partial charge on any atom is -0.497 e. The van der Waals surface area contributed by atoms with Crippen LogP contribution in [0.15, 0.2) is 39.6 Å². The van der Waals surface area contributed by atoms with E-state index >= 15 is 0 Å². The van der Waals surface area contributed by atoms with Crippen LogP contribution in [0.5, 0.6) is 5.75 Å². The van der Waals surface area contributed by atoms with Gasteiger partial charge < -0.3 is 14.1 Å². The number of likely N-dealkylation sites (tertiary alicyclic amines) is 1. The number of rotatable bonds is 4. The van der Waals surface area contributed by atoms with Crippen LogP contribution in [-0.4, -0.2) is 44.7 Å². The average molecular weight is 377 g/mol. The molecule has 1 aliphatic rings. The maximum atomic E-state index is 12.8. The first-order valence-electron chi connectivity index (χ1n) is 8.57. The molecule has 0 atom stereocenters. The van der Waals surface area contributed by atoms with Crippen molar-refractivity contribution in [1.82, 2.24) is 4.90 Å². The predicted octanol–water partition coefficient (Wildman–Crippen LogP) is 2.98. The molecule has 0 N–H and O–H groups in total. The average Bonchev–Trinajstić information content (AvgIpc) is 2.99. The van der Waals surface area contributed by atoms with Gasteiger partial charge in [-0.05, 0) is 57.0 Å². The number of hydrogen-bond acceptors (Lipinski definition) is 5. The Hall–Kier alpha value is -2.28. The van der Waals surface area contributed by atoms with Crippen molar-refractivity contribution in [2.75, 3.05) is 20.2 Å². The van der Waals surface area contributed by atoms with Crippen LogP contribution in [0.4, 0.5) is 0 Å². The van der Waals surface area contributed by atoms with Crippen molar-refractivity contribution < 1.29 is 22.4 Å². The van der Waals surface area contributed by atoms with E-state index < -0.39 is 15.1 Å². The number of hydrogen-bond donors (Lipinski definition) is 0. The Labute approximate surface area is 153 Å². The number of benzene rings is 1. The fraction of sp³-hybridized carbons (Fsp3) is 0.421. The Morgan fingerprint density at radius 3 is 2.27 bits per heavy atom. The second-order valence-corrected chi connectivity index (χ2v) is 8.77. The van der Waals surface area contributed by atoms with Crippen LogP contribution in [0.3, 0.4) is 0 Å². The normalized spacial score (nSPS) is 15.9. The molecule has 0 radical (unpaired) electrons. The van der Waals surface area contributed by atoms with E-state index in [1.165, 1.54) is 0 Å². The summed E-state index contributed by atoms with van der Waals surface area (Å²) >= 11 is 0. The molecule has 6 nitrogen and oxygen atoms in total. The lowest BCUT2D eigenvalue weighted by molar-refractivity contribution is 0.0724. The van der Waals surface area contributed by atoms with E-state index in [2.05, 4.69) is 0 Å². The molecular weight excluding hydrogens is 354 g/mol. The number of piperidine rings is 1. The van der Waals surface area contributed by atoms with E-state index in [4.69, 9.17) is 9.15 Å². The summed E-state index contributed by atoms with van der Waals surface area (Å²) in [7, 11) is -1.88. The zero-order valence-corrected chi connectivity index (χ0v) is 16.0. The van der Waals surface area contributed by atoms with Gasteiger partial charge in [0.15, 0.2) is 9.84 Å². The predicted molar refractivity (Wildman–Crippen MR) is 97.3 cm³/mol. The van der Waals surface area contributed by atoms with Gasteiger partial charge in [-0.1, -0.05) is 0 Å². The molecule has 1 saturated heterocycles. The summed E-state index contributed by atoms with van der Waals surface area (Å²) < 4.78 is 36.2. The van der Waals surface area contributed by atoms with Crippen LogP contribution in [-0.2, 0) is 9.84 Å². The molecule has 0 unspecified atom stereocenters. The van der Waals surface area contributed by atoms with E-state index in [1.807, 2.05) is 0 Å². The van der Waals surface area contributed by atoms with Crippen molar-refractivity contribution >= 4 is 15.7 Å². The number of sulfone groups is 1. The standard InChI is InChI=1S/C19H23NO5S/c1-13-12-18(14(2)25-13)19(21)20-10-8-17(9-11-20)26(22,23)16-6-4-15(24-3)5-7-16/h4-7,12,17H,8-11H2,1-3H3. The molecule has 0 spiro atoms. The molecule has 26 heavy (non-hydrogen) atoms.